The summed E-state index contributed by atoms with van der Waals surface area (Å²) in [5.41, 5.74) is -0.267. The van der Waals surface area contributed by atoms with Crippen molar-refractivity contribution in [1.29, 1.82) is 0 Å². The minimum atomic E-state index is -4.38. The molecule has 4 rings (SSSR count). The highest BCUT2D eigenvalue weighted by Crippen LogP contribution is 2.35. The second kappa shape index (κ2) is 10.3. The number of hydrogen-bond donors (Lipinski definition) is 2. The molecule has 2 N–H and O–H groups in total. The number of ether oxygens (including phenoxy) is 1. The summed E-state index contributed by atoms with van der Waals surface area (Å²) in [6, 6.07) is 10.7. The molecule has 0 amide bonds. The fourth-order valence-electron chi connectivity index (χ4n) is 4.66. The Morgan fingerprint density at radius 1 is 1.17 bits per heavy atom. The first-order valence-corrected chi connectivity index (χ1v) is 11.8. The Hall–Kier alpha value is -3.47. The second-order valence-electron chi connectivity index (χ2n) is 9.44. The molecule has 1 fully saturated rings. The van der Waals surface area contributed by atoms with E-state index in [9.17, 15) is 23.3 Å². The fraction of sp³-hybridized carbons (Fsp3) is 0.440. The Morgan fingerprint density at radius 3 is 2.47 bits per heavy atom. The zero-order chi connectivity index (χ0) is 25.9. The third kappa shape index (κ3) is 5.84. The number of nitrogens with one attached hydrogen (secondary N) is 2. The first-order chi connectivity index (χ1) is 17.1. The average molecular weight is 506 g/mol. The van der Waals surface area contributed by atoms with Gasteiger partial charge in [0.2, 0.25) is 0 Å². The zero-order valence-corrected chi connectivity index (χ0v) is 20.2. The summed E-state index contributed by atoms with van der Waals surface area (Å²) in [4.78, 5) is 15.3. The molecule has 2 aliphatic heterocycles. The number of halogens is 3. The first-order valence-electron chi connectivity index (χ1n) is 11.8. The van der Waals surface area contributed by atoms with Gasteiger partial charge in [-0.1, -0.05) is 18.2 Å². The van der Waals surface area contributed by atoms with Crippen LogP contribution in [0.5, 0.6) is 5.75 Å². The summed E-state index contributed by atoms with van der Waals surface area (Å²) in [5, 5.41) is 17.9. The molecule has 2 aromatic rings. The molecule has 0 unspecified atom stereocenters. The largest absolute Gasteiger partial charge is 0.482 e. The average Bonchev–Trinajstić information content (AvgIpc) is 3.29. The summed E-state index contributed by atoms with van der Waals surface area (Å²) in [5.74, 6) is 0.193. The van der Waals surface area contributed by atoms with Crippen molar-refractivity contribution in [2.24, 2.45) is 0 Å². The Bertz CT molecular complexity index is 1110. The van der Waals surface area contributed by atoms with Gasteiger partial charge < -0.3 is 20.3 Å². The number of hydrogen-bond acceptors (Lipinski definition) is 7. The SMILES string of the molecule is CN(Cc1ccccc1C(F)(F)F)C1CCN(c2ccc(OCC3(C)NC=CN3)c([N+](=O)[O-])c2)CC1. The van der Waals surface area contributed by atoms with Crippen LogP contribution in [0, 0.1) is 10.1 Å². The van der Waals surface area contributed by atoms with Crippen LogP contribution in [0.3, 0.4) is 0 Å². The number of nitro benzene ring substituents is 1. The minimum Gasteiger partial charge on any atom is -0.482 e. The number of benzene rings is 2. The molecule has 0 aliphatic carbocycles. The summed E-state index contributed by atoms with van der Waals surface area (Å²) in [7, 11) is 1.84. The Kier molecular flexibility index (Phi) is 7.30. The first kappa shape index (κ1) is 25.6. The van der Waals surface area contributed by atoms with Gasteiger partial charge in [0.1, 0.15) is 12.3 Å². The summed E-state index contributed by atoms with van der Waals surface area (Å²) < 4.78 is 45.8. The normalized spacial score (nSPS) is 17.7. The lowest BCUT2D eigenvalue weighted by molar-refractivity contribution is -0.385. The van der Waals surface area contributed by atoms with E-state index in [1.54, 1.807) is 24.5 Å². The monoisotopic (exact) mass is 505 g/mol. The summed E-state index contributed by atoms with van der Waals surface area (Å²) >= 11 is 0. The van der Waals surface area contributed by atoms with Gasteiger partial charge >= 0.3 is 11.9 Å². The molecule has 0 spiro atoms. The molecular formula is C25H30F3N5O3. The fourth-order valence-corrected chi connectivity index (χ4v) is 4.66. The van der Waals surface area contributed by atoms with Crippen LogP contribution in [0.15, 0.2) is 54.9 Å². The van der Waals surface area contributed by atoms with Crippen molar-refractivity contribution in [1.82, 2.24) is 15.5 Å². The molecule has 36 heavy (non-hydrogen) atoms. The highest BCUT2D eigenvalue weighted by Gasteiger charge is 2.34. The maximum absolute atomic E-state index is 13.4. The van der Waals surface area contributed by atoms with Gasteiger partial charge in [-0.3, -0.25) is 15.0 Å². The molecule has 2 heterocycles. The second-order valence-corrected chi connectivity index (χ2v) is 9.44. The van der Waals surface area contributed by atoms with E-state index in [0.29, 0.717) is 13.1 Å². The van der Waals surface area contributed by atoms with Crippen LogP contribution < -0.4 is 20.3 Å². The van der Waals surface area contributed by atoms with Gasteiger partial charge in [-0.15, -0.1) is 0 Å². The van der Waals surface area contributed by atoms with Crippen molar-refractivity contribution < 1.29 is 22.8 Å². The van der Waals surface area contributed by atoms with Crippen LogP contribution in [0.25, 0.3) is 0 Å². The smallest absolute Gasteiger partial charge is 0.416 e. The predicted molar refractivity (Wildman–Crippen MR) is 131 cm³/mol. The van der Waals surface area contributed by atoms with E-state index in [1.807, 2.05) is 24.9 Å². The van der Waals surface area contributed by atoms with Gasteiger partial charge in [-0.25, -0.2) is 0 Å². The van der Waals surface area contributed by atoms with Crippen LogP contribution in [-0.4, -0.2) is 48.3 Å². The van der Waals surface area contributed by atoms with Crippen LogP contribution in [0.2, 0.25) is 0 Å². The number of nitro groups is 1. The third-order valence-electron chi connectivity index (χ3n) is 6.74. The van der Waals surface area contributed by atoms with E-state index in [2.05, 4.69) is 15.5 Å². The number of anilines is 1. The molecule has 0 atom stereocenters. The van der Waals surface area contributed by atoms with Crippen molar-refractivity contribution in [3.63, 3.8) is 0 Å². The van der Waals surface area contributed by atoms with E-state index < -0.39 is 22.3 Å². The van der Waals surface area contributed by atoms with Gasteiger partial charge in [0.05, 0.1) is 10.5 Å². The molecular weight excluding hydrogens is 475 g/mol. The Balaban J connectivity index is 1.38. The molecule has 194 valence electrons. The number of alkyl halides is 3. The molecule has 8 nitrogen and oxygen atoms in total. The third-order valence-corrected chi connectivity index (χ3v) is 6.74. The molecule has 2 aromatic carbocycles. The Labute approximate surface area is 207 Å². The lowest BCUT2D eigenvalue weighted by Gasteiger charge is -2.38. The number of rotatable bonds is 8. The highest BCUT2D eigenvalue weighted by atomic mass is 19.4. The zero-order valence-electron chi connectivity index (χ0n) is 20.2. The molecule has 1 saturated heterocycles. The van der Waals surface area contributed by atoms with Crippen LogP contribution >= 0.6 is 0 Å². The van der Waals surface area contributed by atoms with E-state index >= 15 is 0 Å². The lowest BCUT2D eigenvalue weighted by atomic mass is 10.0. The molecule has 0 bridgehead atoms. The van der Waals surface area contributed by atoms with E-state index in [1.165, 1.54) is 18.2 Å². The van der Waals surface area contributed by atoms with Crippen LogP contribution in [0.1, 0.15) is 30.9 Å². The molecule has 0 radical (unpaired) electrons. The van der Waals surface area contributed by atoms with Crippen LogP contribution in [-0.2, 0) is 12.7 Å². The van der Waals surface area contributed by atoms with Crippen molar-refractivity contribution in [3.8, 4) is 5.75 Å². The molecule has 11 heteroatoms. The van der Waals surface area contributed by atoms with E-state index in [0.717, 1.165) is 24.6 Å². The van der Waals surface area contributed by atoms with Crippen molar-refractivity contribution >= 4 is 11.4 Å². The van der Waals surface area contributed by atoms with Crippen molar-refractivity contribution in [2.75, 3.05) is 31.6 Å². The lowest BCUT2D eigenvalue weighted by Crippen LogP contribution is -2.50. The standard InChI is InChI=1S/C25H30F3N5O3/c1-24(29-11-12-30-24)17-36-23-8-7-20(15-22(23)33(34)35)32-13-9-19(10-14-32)31(2)16-18-5-3-4-6-21(18)25(26,27)28/h3-8,11-12,15,19,29-30H,9-10,13-14,16-17H2,1-2H3. The van der Waals surface area contributed by atoms with Crippen molar-refractivity contribution in [3.05, 3.63) is 76.1 Å². The van der Waals surface area contributed by atoms with Gasteiger partial charge in [0.15, 0.2) is 5.75 Å². The highest BCUT2D eigenvalue weighted by molar-refractivity contribution is 5.60. The maximum Gasteiger partial charge on any atom is 0.416 e. The van der Waals surface area contributed by atoms with Gasteiger partial charge in [0, 0.05) is 49.8 Å². The number of piperidine rings is 1. The quantitative estimate of drug-likeness (QED) is 0.405. The molecule has 2 aliphatic rings. The van der Waals surface area contributed by atoms with Crippen LogP contribution in [0.4, 0.5) is 24.5 Å². The minimum absolute atomic E-state index is 0.106. The van der Waals surface area contributed by atoms with Gasteiger partial charge in [0.25, 0.3) is 0 Å². The van der Waals surface area contributed by atoms with E-state index in [-0.39, 0.29) is 36.2 Å². The predicted octanol–water partition coefficient (Wildman–Crippen LogP) is 4.47. The van der Waals surface area contributed by atoms with Gasteiger partial charge in [-0.05, 0) is 50.6 Å². The maximum atomic E-state index is 13.4. The molecule has 0 aromatic heterocycles. The van der Waals surface area contributed by atoms with E-state index in [4.69, 9.17) is 4.74 Å². The number of nitrogens with zero attached hydrogens (tertiary/aromatic N) is 3. The molecule has 0 saturated carbocycles. The topological polar surface area (TPSA) is 82.9 Å². The Morgan fingerprint density at radius 2 is 1.83 bits per heavy atom. The van der Waals surface area contributed by atoms with Gasteiger partial charge in [-0.2, -0.15) is 13.2 Å². The summed E-state index contributed by atoms with van der Waals surface area (Å²) in [6.07, 6.45) is 0.580. The summed E-state index contributed by atoms with van der Waals surface area (Å²) in [6.45, 7) is 3.57. The van der Waals surface area contributed by atoms with Crippen molar-refractivity contribution in [2.45, 2.75) is 44.2 Å².